The van der Waals surface area contributed by atoms with Crippen LogP contribution in [0.5, 0.6) is 0 Å². The molecule has 4 nitrogen and oxygen atoms in total. The highest BCUT2D eigenvalue weighted by atomic mass is 16.2. The van der Waals surface area contributed by atoms with Crippen molar-refractivity contribution in [2.45, 2.75) is 33.6 Å². The highest BCUT2D eigenvalue weighted by Gasteiger charge is 2.34. The first-order valence-corrected chi connectivity index (χ1v) is 7.67. The summed E-state index contributed by atoms with van der Waals surface area (Å²) in [5.74, 6) is 0.982. The summed E-state index contributed by atoms with van der Waals surface area (Å²) < 4.78 is 0. The lowest BCUT2D eigenvalue weighted by molar-refractivity contribution is -0.131. The predicted molar refractivity (Wildman–Crippen MR) is 78.1 cm³/mol. The van der Waals surface area contributed by atoms with Crippen LogP contribution in [-0.2, 0) is 4.79 Å². The molecule has 0 radical (unpaired) electrons. The van der Waals surface area contributed by atoms with E-state index < -0.39 is 0 Å². The van der Waals surface area contributed by atoms with Gasteiger partial charge in [0.05, 0.1) is 6.54 Å². The topological polar surface area (TPSA) is 35.6 Å². The average Bonchev–Trinajstić information content (AvgIpc) is 2.70. The second kappa shape index (κ2) is 6.23. The van der Waals surface area contributed by atoms with E-state index in [1.165, 1.54) is 0 Å². The van der Waals surface area contributed by atoms with Crippen molar-refractivity contribution in [3.05, 3.63) is 0 Å². The second-order valence-electron chi connectivity index (χ2n) is 7.07. The smallest absolute Gasteiger partial charge is 0.236 e. The molecular weight excluding hydrogens is 238 g/mol. The Balaban J connectivity index is 1.80. The summed E-state index contributed by atoms with van der Waals surface area (Å²) in [6.45, 7) is 13.5. The van der Waals surface area contributed by atoms with E-state index in [2.05, 4.69) is 35.9 Å². The lowest BCUT2D eigenvalue weighted by Crippen LogP contribution is -2.41. The van der Waals surface area contributed by atoms with Crippen molar-refractivity contribution < 1.29 is 4.79 Å². The fourth-order valence-corrected chi connectivity index (χ4v) is 3.04. The zero-order valence-corrected chi connectivity index (χ0v) is 12.7. The number of carbonyl (C=O) groups is 1. The van der Waals surface area contributed by atoms with Crippen LogP contribution in [0, 0.1) is 11.3 Å². The quantitative estimate of drug-likeness (QED) is 0.816. The van der Waals surface area contributed by atoms with Crippen LogP contribution in [0.4, 0.5) is 0 Å². The van der Waals surface area contributed by atoms with Gasteiger partial charge in [-0.1, -0.05) is 20.8 Å². The molecule has 2 fully saturated rings. The van der Waals surface area contributed by atoms with Gasteiger partial charge in [0.25, 0.3) is 0 Å². The summed E-state index contributed by atoms with van der Waals surface area (Å²) in [7, 11) is 0. The summed E-state index contributed by atoms with van der Waals surface area (Å²) in [6, 6.07) is 0. The maximum absolute atomic E-state index is 12.4. The van der Waals surface area contributed by atoms with Crippen LogP contribution in [0.3, 0.4) is 0 Å². The molecule has 19 heavy (non-hydrogen) atoms. The van der Waals surface area contributed by atoms with E-state index in [1.54, 1.807) is 0 Å². The first-order valence-electron chi connectivity index (χ1n) is 7.67. The molecule has 0 aromatic heterocycles. The zero-order valence-electron chi connectivity index (χ0n) is 12.7. The largest absolute Gasteiger partial charge is 0.341 e. The number of hydrogen-bond donors (Lipinski definition) is 1. The molecule has 2 saturated heterocycles. The highest BCUT2D eigenvalue weighted by Crippen LogP contribution is 2.33. The number of hydrogen-bond acceptors (Lipinski definition) is 3. The van der Waals surface area contributed by atoms with Gasteiger partial charge in [-0.15, -0.1) is 0 Å². The van der Waals surface area contributed by atoms with Gasteiger partial charge in [-0.05, 0) is 37.3 Å². The van der Waals surface area contributed by atoms with Crippen molar-refractivity contribution in [3.63, 3.8) is 0 Å². The average molecular weight is 267 g/mol. The molecule has 110 valence electrons. The highest BCUT2D eigenvalue weighted by molar-refractivity contribution is 5.78. The van der Waals surface area contributed by atoms with Crippen molar-refractivity contribution in [2.24, 2.45) is 11.3 Å². The van der Waals surface area contributed by atoms with E-state index >= 15 is 0 Å². The Bertz CT molecular complexity index is 303. The summed E-state index contributed by atoms with van der Waals surface area (Å²) in [5, 5.41) is 3.38. The van der Waals surface area contributed by atoms with Gasteiger partial charge >= 0.3 is 0 Å². The molecule has 0 saturated carbocycles. The Morgan fingerprint density at radius 3 is 2.68 bits per heavy atom. The summed E-state index contributed by atoms with van der Waals surface area (Å²) >= 11 is 0. The Hall–Kier alpha value is -0.610. The standard InChI is InChI=1S/C15H29N3O/c1-15(2,3)13-5-9-18(11-13)14(19)12-17-8-4-6-16-7-10-17/h13,16H,4-12H2,1-3H3. The van der Waals surface area contributed by atoms with Crippen molar-refractivity contribution in [3.8, 4) is 0 Å². The molecule has 2 heterocycles. The minimum absolute atomic E-state index is 0.321. The first-order chi connectivity index (χ1) is 8.97. The number of likely N-dealkylation sites (tertiary alicyclic amines) is 1. The molecule has 0 bridgehead atoms. The fourth-order valence-electron chi connectivity index (χ4n) is 3.04. The molecule has 1 unspecified atom stereocenters. The SMILES string of the molecule is CC(C)(C)C1CCN(C(=O)CN2CCCNCC2)C1. The minimum atomic E-state index is 0.321. The Kier molecular flexibility index (Phi) is 4.85. The fraction of sp³-hybridized carbons (Fsp3) is 0.933. The molecule has 0 aromatic rings. The van der Waals surface area contributed by atoms with Gasteiger partial charge in [0.15, 0.2) is 0 Å². The van der Waals surface area contributed by atoms with E-state index in [0.717, 1.165) is 52.1 Å². The van der Waals surface area contributed by atoms with Gasteiger partial charge in [-0.3, -0.25) is 9.69 Å². The summed E-state index contributed by atoms with van der Waals surface area (Å²) in [5.41, 5.74) is 0.321. The van der Waals surface area contributed by atoms with E-state index in [0.29, 0.717) is 23.8 Å². The molecule has 1 N–H and O–H groups in total. The van der Waals surface area contributed by atoms with Gasteiger partial charge in [0.1, 0.15) is 0 Å². The molecule has 0 spiro atoms. The van der Waals surface area contributed by atoms with Crippen LogP contribution in [-0.4, -0.2) is 61.5 Å². The van der Waals surface area contributed by atoms with Crippen molar-refractivity contribution >= 4 is 5.91 Å². The molecule has 2 aliphatic rings. The van der Waals surface area contributed by atoms with E-state index in [9.17, 15) is 4.79 Å². The van der Waals surface area contributed by atoms with Crippen LogP contribution < -0.4 is 5.32 Å². The Labute approximate surface area is 117 Å². The molecule has 0 aromatic carbocycles. The maximum Gasteiger partial charge on any atom is 0.236 e. The Morgan fingerprint density at radius 2 is 2.00 bits per heavy atom. The van der Waals surface area contributed by atoms with Crippen LogP contribution >= 0.6 is 0 Å². The van der Waals surface area contributed by atoms with Gasteiger partial charge < -0.3 is 10.2 Å². The van der Waals surface area contributed by atoms with Crippen molar-refractivity contribution in [1.82, 2.24) is 15.1 Å². The van der Waals surface area contributed by atoms with E-state index in [-0.39, 0.29) is 0 Å². The van der Waals surface area contributed by atoms with Gasteiger partial charge in [0, 0.05) is 26.2 Å². The third-order valence-corrected chi connectivity index (χ3v) is 4.56. The van der Waals surface area contributed by atoms with Crippen LogP contribution in [0.25, 0.3) is 0 Å². The van der Waals surface area contributed by atoms with E-state index in [1.807, 2.05) is 0 Å². The monoisotopic (exact) mass is 267 g/mol. The first kappa shape index (κ1) is 14.8. The molecule has 4 heteroatoms. The summed E-state index contributed by atoms with van der Waals surface area (Å²) in [4.78, 5) is 16.7. The number of rotatable bonds is 2. The normalized spacial score (nSPS) is 26.5. The van der Waals surface area contributed by atoms with Crippen molar-refractivity contribution in [1.29, 1.82) is 0 Å². The maximum atomic E-state index is 12.4. The lowest BCUT2D eigenvalue weighted by Gasteiger charge is -2.28. The van der Waals surface area contributed by atoms with Crippen LogP contribution in [0.15, 0.2) is 0 Å². The number of carbonyl (C=O) groups excluding carboxylic acids is 1. The Morgan fingerprint density at radius 1 is 1.21 bits per heavy atom. The molecule has 1 atom stereocenters. The van der Waals surface area contributed by atoms with Crippen LogP contribution in [0.1, 0.15) is 33.6 Å². The number of amides is 1. The van der Waals surface area contributed by atoms with Crippen LogP contribution in [0.2, 0.25) is 0 Å². The second-order valence-corrected chi connectivity index (χ2v) is 7.07. The molecule has 0 aliphatic carbocycles. The molecule has 2 aliphatic heterocycles. The van der Waals surface area contributed by atoms with E-state index in [4.69, 9.17) is 0 Å². The predicted octanol–water partition coefficient (Wildman–Crippen LogP) is 1.18. The van der Waals surface area contributed by atoms with Gasteiger partial charge in [0.2, 0.25) is 5.91 Å². The summed E-state index contributed by atoms with van der Waals surface area (Å²) in [6.07, 6.45) is 2.31. The minimum Gasteiger partial charge on any atom is -0.341 e. The zero-order chi connectivity index (χ0) is 13.9. The lowest BCUT2D eigenvalue weighted by atomic mass is 9.80. The van der Waals surface area contributed by atoms with Crippen molar-refractivity contribution in [2.75, 3.05) is 45.8 Å². The third-order valence-electron chi connectivity index (χ3n) is 4.56. The molecule has 2 rings (SSSR count). The number of nitrogens with zero attached hydrogens (tertiary/aromatic N) is 2. The van der Waals surface area contributed by atoms with Gasteiger partial charge in [-0.2, -0.15) is 0 Å². The third kappa shape index (κ3) is 4.18. The molecule has 1 amide bonds. The molecular formula is C15H29N3O. The van der Waals surface area contributed by atoms with Gasteiger partial charge in [-0.25, -0.2) is 0 Å². The number of nitrogens with one attached hydrogen (secondary N) is 1.